The van der Waals surface area contributed by atoms with E-state index in [0.717, 1.165) is 0 Å². The smallest absolute Gasteiger partial charge is 0.195 e. The Balaban J connectivity index is 2.57. The van der Waals surface area contributed by atoms with Gasteiger partial charge in [0.2, 0.25) is 0 Å². The number of nitrogens with zero attached hydrogens (tertiary/aromatic N) is 2. The molecule has 1 aliphatic rings. The van der Waals surface area contributed by atoms with Crippen molar-refractivity contribution in [3.05, 3.63) is 30.1 Å². The summed E-state index contributed by atoms with van der Waals surface area (Å²) < 4.78 is 5.33. The number of aryl methyl sites for hydroxylation is 1. The summed E-state index contributed by atoms with van der Waals surface area (Å²) in [6.45, 7) is 7.16. The lowest BCUT2D eigenvalue weighted by molar-refractivity contribution is 0.0897. The van der Waals surface area contributed by atoms with Crippen LogP contribution in [0.4, 0.5) is 0 Å². The van der Waals surface area contributed by atoms with Crippen molar-refractivity contribution in [3.63, 3.8) is 0 Å². The van der Waals surface area contributed by atoms with Gasteiger partial charge in [0.15, 0.2) is 17.2 Å². The van der Waals surface area contributed by atoms with Crippen LogP contribution >= 0.6 is 0 Å². The number of fused-ring (bicyclic) bond motifs is 1. The fraction of sp³-hybridized carbons (Fsp3) is 0.300. The van der Waals surface area contributed by atoms with Crippen molar-refractivity contribution < 1.29 is 9.53 Å². The van der Waals surface area contributed by atoms with E-state index in [4.69, 9.17) is 4.74 Å². The highest BCUT2D eigenvalue weighted by atomic mass is 16.5. The summed E-state index contributed by atoms with van der Waals surface area (Å²) in [5.74, 6) is 1.05. The van der Waals surface area contributed by atoms with Crippen LogP contribution in [0.25, 0.3) is 0 Å². The Morgan fingerprint density at radius 1 is 1.57 bits per heavy atom. The molecule has 0 aromatic carbocycles. The highest BCUT2D eigenvalue weighted by Gasteiger charge is 2.30. The largest absolute Gasteiger partial charge is 0.458 e. The maximum atomic E-state index is 11.7. The van der Waals surface area contributed by atoms with Crippen molar-refractivity contribution in [3.8, 4) is 5.75 Å². The Hall–Kier alpha value is -1.71. The molecular formula is C10H10N2O2. The fourth-order valence-corrected chi connectivity index (χ4v) is 1.29. The molecule has 72 valence electrons. The molecule has 1 atom stereocenters. The Morgan fingerprint density at radius 2 is 2.29 bits per heavy atom. The minimum atomic E-state index is -0.322. The number of ketones is 1. The third-order valence-corrected chi connectivity index (χ3v) is 2.23. The van der Waals surface area contributed by atoms with Crippen LogP contribution < -0.4 is 4.74 Å². The molecule has 0 saturated carbocycles. The average Bonchev–Trinajstić information content (AvgIpc) is 2.16. The van der Waals surface area contributed by atoms with Gasteiger partial charge in [-0.25, -0.2) is 9.97 Å². The summed E-state index contributed by atoms with van der Waals surface area (Å²) in [6, 6.07) is 0. The van der Waals surface area contributed by atoms with Gasteiger partial charge in [-0.1, -0.05) is 6.58 Å². The second kappa shape index (κ2) is 2.90. The highest BCUT2D eigenvalue weighted by Crippen LogP contribution is 2.29. The maximum absolute atomic E-state index is 11.7. The molecule has 2 rings (SSSR count). The summed E-state index contributed by atoms with van der Waals surface area (Å²) in [7, 11) is 0. The highest BCUT2D eigenvalue weighted by molar-refractivity contribution is 6.00. The molecule has 14 heavy (non-hydrogen) atoms. The first-order valence-electron chi connectivity index (χ1n) is 4.34. The van der Waals surface area contributed by atoms with Crippen LogP contribution in [0.15, 0.2) is 18.5 Å². The lowest BCUT2D eigenvalue weighted by Crippen LogP contribution is -2.24. The molecule has 0 amide bonds. The van der Waals surface area contributed by atoms with E-state index < -0.39 is 0 Å². The van der Waals surface area contributed by atoms with Crippen molar-refractivity contribution in [1.82, 2.24) is 9.97 Å². The number of aromatic nitrogens is 2. The van der Waals surface area contributed by atoms with Gasteiger partial charge in [-0.15, -0.1) is 0 Å². The van der Waals surface area contributed by atoms with E-state index in [1.165, 1.54) is 6.20 Å². The zero-order chi connectivity index (χ0) is 10.3. The van der Waals surface area contributed by atoms with E-state index in [1.54, 1.807) is 13.8 Å². The van der Waals surface area contributed by atoms with E-state index >= 15 is 0 Å². The molecule has 0 N–H and O–H groups in total. The number of carbonyl (C=O) groups is 1. The molecule has 1 aromatic rings. The quantitative estimate of drug-likeness (QED) is 0.622. The van der Waals surface area contributed by atoms with Gasteiger partial charge in [-0.05, 0) is 13.8 Å². The van der Waals surface area contributed by atoms with Crippen molar-refractivity contribution in [1.29, 1.82) is 0 Å². The molecule has 0 bridgehead atoms. The number of allylic oxidation sites excluding steroid dienone is 1. The summed E-state index contributed by atoms with van der Waals surface area (Å²) in [6.07, 6.45) is 1.51. The van der Waals surface area contributed by atoms with E-state index in [0.29, 0.717) is 23.0 Å². The number of Topliss-reactive ketones (excluding diaryl/α,β-unsaturated/α-hetero) is 1. The van der Waals surface area contributed by atoms with Crippen molar-refractivity contribution in [2.75, 3.05) is 0 Å². The zero-order valence-corrected chi connectivity index (χ0v) is 8.07. The second-order valence-electron chi connectivity index (χ2n) is 3.28. The van der Waals surface area contributed by atoms with E-state index in [9.17, 15) is 4.79 Å². The molecule has 4 heteroatoms. The molecule has 1 aliphatic heterocycles. The first-order valence-corrected chi connectivity index (χ1v) is 4.34. The Labute approximate surface area is 81.6 Å². The van der Waals surface area contributed by atoms with Crippen LogP contribution in [0.2, 0.25) is 0 Å². The van der Waals surface area contributed by atoms with Gasteiger partial charge in [0.1, 0.15) is 11.6 Å². The number of rotatable bonds is 0. The first-order chi connectivity index (χ1) is 6.59. The molecule has 4 nitrogen and oxygen atoms in total. The number of hydrogen-bond acceptors (Lipinski definition) is 4. The first kappa shape index (κ1) is 8.87. The lowest BCUT2D eigenvalue weighted by Gasteiger charge is -2.21. The molecule has 1 aromatic heterocycles. The SMILES string of the molecule is C=C1Oc2cnc(C)nc2C(=O)C1C. The summed E-state index contributed by atoms with van der Waals surface area (Å²) in [4.78, 5) is 19.8. The monoisotopic (exact) mass is 190 g/mol. The predicted molar refractivity (Wildman–Crippen MR) is 50.0 cm³/mol. The average molecular weight is 190 g/mol. The molecule has 0 fully saturated rings. The Kier molecular flexibility index (Phi) is 1.84. The third kappa shape index (κ3) is 1.19. The third-order valence-electron chi connectivity index (χ3n) is 2.23. The van der Waals surface area contributed by atoms with Crippen LogP contribution in [0, 0.1) is 12.8 Å². The van der Waals surface area contributed by atoms with Crippen molar-refractivity contribution in [2.24, 2.45) is 5.92 Å². The molecule has 0 spiro atoms. The summed E-state index contributed by atoms with van der Waals surface area (Å²) >= 11 is 0. The van der Waals surface area contributed by atoms with E-state index in [1.807, 2.05) is 0 Å². The molecule has 0 radical (unpaired) electrons. The molecule has 0 aliphatic carbocycles. The van der Waals surface area contributed by atoms with Crippen LogP contribution in [-0.4, -0.2) is 15.8 Å². The van der Waals surface area contributed by atoms with Gasteiger partial charge >= 0.3 is 0 Å². The van der Waals surface area contributed by atoms with E-state index in [-0.39, 0.29) is 11.7 Å². The van der Waals surface area contributed by atoms with Gasteiger partial charge in [-0.2, -0.15) is 0 Å². The maximum Gasteiger partial charge on any atom is 0.195 e. The standard InChI is InChI=1S/C10H10N2O2/c1-5-6(2)14-8-4-11-7(3)12-9(8)10(5)13/h4-5H,2H2,1,3H3. The topological polar surface area (TPSA) is 52.1 Å². The Morgan fingerprint density at radius 3 is 3.00 bits per heavy atom. The van der Waals surface area contributed by atoms with Crippen LogP contribution in [0.1, 0.15) is 23.2 Å². The number of ether oxygens (including phenoxy) is 1. The van der Waals surface area contributed by atoms with Gasteiger partial charge in [-0.3, -0.25) is 4.79 Å². The fourth-order valence-electron chi connectivity index (χ4n) is 1.29. The minimum Gasteiger partial charge on any atom is -0.458 e. The predicted octanol–water partition coefficient (Wildman–Crippen LogP) is 1.51. The van der Waals surface area contributed by atoms with Crippen LogP contribution in [-0.2, 0) is 0 Å². The molecule has 2 heterocycles. The molecule has 1 unspecified atom stereocenters. The number of carbonyl (C=O) groups excluding carboxylic acids is 1. The van der Waals surface area contributed by atoms with Crippen molar-refractivity contribution in [2.45, 2.75) is 13.8 Å². The van der Waals surface area contributed by atoms with E-state index in [2.05, 4.69) is 16.5 Å². The zero-order valence-electron chi connectivity index (χ0n) is 8.07. The second-order valence-corrected chi connectivity index (χ2v) is 3.28. The number of hydrogen-bond donors (Lipinski definition) is 0. The van der Waals surface area contributed by atoms with Crippen LogP contribution in [0.5, 0.6) is 5.75 Å². The van der Waals surface area contributed by atoms with Gasteiger partial charge in [0.25, 0.3) is 0 Å². The molecule has 0 saturated heterocycles. The van der Waals surface area contributed by atoms with Gasteiger partial charge < -0.3 is 4.74 Å². The van der Waals surface area contributed by atoms with Crippen molar-refractivity contribution >= 4 is 5.78 Å². The minimum absolute atomic E-state index is 0.0539. The van der Waals surface area contributed by atoms with Gasteiger partial charge in [0, 0.05) is 0 Å². The molecular weight excluding hydrogens is 180 g/mol. The normalized spacial score (nSPS) is 20.3. The Bertz CT molecular complexity index is 426. The van der Waals surface area contributed by atoms with Gasteiger partial charge in [0.05, 0.1) is 12.1 Å². The summed E-state index contributed by atoms with van der Waals surface area (Å²) in [5.41, 5.74) is 0.359. The lowest BCUT2D eigenvalue weighted by atomic mass is 9.99. The summed E-state index contributed by atoms with van der Waals surface area (Å²) in [5, 5.41) is 0. The van der Waals surface area contributed by atoms with Crippen LogP contribution in [0.3, 0.4) is 0 Å².